The topological polar surface area (TPSA) is 46.5 Å². The fourth-order valence-electron chi connectivity index (χ4n) is 0.979. The van der Waals surface area contributed by atoms with E-state index in [0.717, 1.165) is 0 Å². The third-order valence-electron chi connectivity index (χ3n) is 1.60. The largest absolute Gasteiger partial charge is 0.478 e. The maximum atomic E-state index is 11.7. The van der Waals surface area contributed by atoms with Crippen molar-refractivity contribution in [2.75, 3.05) is 0 Å². The SMILES string of the molecule is O=C(O)C(=COC(F)F)c1ccccc1. The van der Waals surface area contributed by atoms with Crippen molar-refractivity contribution in [3.8, 4) is 0 Å². The van der Waals surface area contributed by atoms with Crippen molar-refractivity contribution in [2.45, 2.75) is 6.61 Å². The smallest absolute Gasteiger partial charge is 0.386 e. The average molecular weight is 214 g/mol. The van der Waals surface area contributed by atoms with Gasteiger partial charge < -0.3 is 9.84 Å². The molecule has 5 heteroatoms. The number of aliphatic carboxylic acids is 1. The number of ether oxygens (including phenoxy) is 1. The van der Waals surface area contributed by atoms with Crippen molar-refractivity contribution >= 4 is 11.5 Å². The van der Waals surface area contributed by atoms with E-state index in [9.17, 15) is 13.6 Å². The summed E-state index contributed by atoms with van der Waals surface area (Å²) in [5.41, 5.74) is 0.00144. The van der Waals surface area contributed by atoms with Crippen molar-refractivity contribution in [2.24, 2.45) is 0 Å². The fourth-order valence-corrected chi connectivity index (χ4v) is 0.979. The summed E-state index contributed by atoms with van der Waals surface area (Å²) in [6.07, 6.45) is 0.544. The third-order valence-corrected chi connectivity index (χ3v) is 1.60. The van der Waals surface area contributed by atoms with Crippen LogP contribution in [0.3, 0.4) is 0 Å². The van der Waals surface area contributed by atoms with Crippen LogP contribution < -0.4 is 0 Å². The van der Waals surface area contributed by atoms with Gasteiger partial charge in [0, 0.05) is 0 Å². The number of hydrogen-bond donors (Lipinski definition) is 1. The van der Waals surface area contributed by atoms with E-state index in [1.54, 1.807) is 18.2 Å². The summed E-state index contributed by atoms with van der Waals surface area (Å²) in [7, 11) is 0. The van der Waals surface area contributed by atoms with Gasteiger partial charge in [0.1, 0.15) is 11.8 Å². The lowest BCUT2D eigenvalue weighted by atomic mass is 10.1. The van der Waals surface area contributed by atoms with Crippen LogP contribution in [0.25, 0.3) is 5.57 Å². The van der Waals surface area contributed by atoms with Crippen LogP contribution in [-0.2, 0) is 9.53 Å². The van der Waals surface area contributed by atoms with E-state index in [1.807, 2.05) is 0 Å². The van der Waals surface area contributed by atoms with Gasteiger partial charge in [0.2, 0.25) is 0 Å². The summed E-state index contributed by atoms with van der Waals surface area (Å²) in [5, 5.41) is 8.75. The minimum atomic E-state index is -3.02. The zero-order valence-electron chi connectivity index (χ0n) is 7.56. The number of hydrogen-bond acceptors (Lipinski definition) is 2. The molecule has 0 unspecified atom stereocenters. The Morgan fingerprint density at radius 3 is 2.40 bits per heavy atom. The summed E-state index contributed by atoms with van der Waals surface area (Å²) in [6.45, 7) is -3.02. The number of alkyl halides is 2. The summed E-state index contributed by atoms with van der Waals surface area (Å²) in [5.74, 6) is -1.32. The maximum Gasteiger partial charge on any atom is 0.386 e. The predicted octanol–water partition coefficient (Wildman–Crippen LogP) is 2.35. The minimum absolute atomic E-state index is 0.309. The molecule has 0 aliphatic rings. The molecule has 0 saturated carbocycles. The maximum absolute atomic E-state index is 11.7. The molecule has 0 heterocycles. The van der Waals surface area contributed by atoms with Crippen LogP contribution in [0.5, 0.6) is 0 Å². The van der Waals surface area contributed by atoms with Gasteiger partial charge in [-0.1, -0.05) is 30.3 Å². The highest BCUT2D eigenvalue weighted by atomic mass is 19.3. The summed E-state index contributed by atoms with van der Waals surface area (Å²) < 4.78 is 27.3. The van der Waals surface area contributed by atoms with E-state index in [0.29, 0.717) is 11.8 Å². The molecule has 80 valence electrons. The van der Waals surface area contributed by atoms with Gasteiger partial charge in [-0.3, -0.25) is 0 Å². The molecule has 1 aromatic rings. The Labute approximate surface area is 84.6 Å². The lowest BCUT2D eigenvalue weighted by Gasteiger charge is -2.03. The molecule has 0 spiro atoms. The van der Waals surface area contributed by atoms with Gasteiger partial charge in [0.05, 0.1) is 0 Å². The number of carboxylic acid groups (broad SMARTS) is 1. The highest BCUT2D eigenvalue weighted by molar-refractivity contribution is 6.14. The van der Waals surface area contributed by atoms with Crippen molar-refractivity contribution in [3.05, 3.63) is 42.2 Å². The molecule has 0 aromatic heterocycles. The van der Waals surface area contributed by atoms with Crippen LogP contribution in [-0.4, -0.2) is 17.7 Å². The number of halogens is 2. The quantitative estimate of drug-likeness (QED) is 0.618. The Kier molecular flexibility index (Phi) is 3.79. The van der Waals surface area contributed by atoms with E-state index in [4.69, 9.17) is 5.11 Å². The Morgan fingerprint density at radius 1 is 1.33 bits per heavy atom. The van der Waals surface area contributed by atoms with Crippen molar-refractivity contribution in [1.82, 2.24) is 0 Å². The van der Waals surface area contributed by atoms with E-state index in [-0.39, 0.29) is 5.57 Å². The normalized spacial score (nSPS) is 11.5. The van der Waals surface area contributed by atoms with Crippen molar-refractivity contribution in [3.63, 3.8) is 0 Å². The van der Waals surface area contributed by atoms with Crippen molar-refractivity contribution < 1.29 is 23.4 Å². The van der Waals surface area contributed by atoms with Crippen LogP contribution in [0.4, 0.5) is 8.78 Å². The second kappa shape index (κ2) is 5.09. The molecule has 15 heavy (non-hydrogen) atoms. The van der Waals surface area contributed by atoms with Gasteiger partial charge in [-0.25, -0.2) is 4.79 Å². The molecule has 3 nitrogen and oxygen atoms in total. The van der Waals surface area contributed by atoms with E-state index in [2.05, 4.69) is 4.74 Å². The van der Waals surface area contributed by atoms with Crippen LogP contribution in [0.15, 0.2) is 36.6 Å². The lowest BCUT2D eigenvalue weighted by Crippen LogP contribution is -2.02. The Hall–Kier alpha value is -1.91. The first-order valence-corrected chi connectivity index (χ1v) is 4.03. The van der Waals surface area contributed by atoms with Gasteiger partial charge in [-0.15, -0.1) is 0 Å². The van der Waals surface area contributed by atoms with Gasteiger partial charge in [-0.2, -0.15) is 8.78 Å². The van der Waals surface area contributed by atoms with E-state index >= 15 is 0 Å². The van der Waals surface area contributed by atoms with Gasteiger partial charge in [-0.05, 0) is 5.56 Å². The zero-order chi connectivity index (χ0) is 11.3. The molecular weight excluding hydrogens is 206 g/mol. The Bertz CT molecular complexity index is 360. The monoisotopic (exact) mass is 214 g/mol. The van der Waals surface area contributed by atoms with E-state index in [1.165, 1.54) is 12.1 Å². The van der Waals surface area contributed by atoms with E-state index < -0.39 is 12.6 Å². The first-order chi connectivity index (χ1) is 7.11. The standard InChI is InChI=1S/C10H8F2O3/c11-10(12)15-6-8(9(13)14)7-4-2-1-3-5-7/h1-6,10H,(H,13,14). The van der Waals surface area contributed by atoms with Gasteiger partial charge in [0.15, 0.2) is 0 Å². The first kappa shape index (κ1) is 11.2. The molecular formula is C10H8F2O3. The highest BCUT2D eigenvalue weighted by Crippen LogP contribution is 2.15. The molecule has 0 atom stereocenters. The number of carbonyl (C=O) groups is 1. The van der Waals surface area contributed by atoms with Crippen LogP contribution >= 0.6 is 0 Å². The molecule has 0 saturated heterocycles. The minimum Gasteiger partial charge on any atom is -0.478 e. The number of rotatable bonds is 4. The fraction of sp³-hybridized carbons (Fsp3) is 0.100. The molecule has 0 aliphatic carbocycles. The molecule has 0 radical (unpaired) electrons. The molecule has 1 N–H and O–H groups in total. The third kappa shape index (κ3) is 3.38. The average Bonchev–Trinajstić information content (AvgIpc) is 2.18. The molecule has 0 amide bonds. The Morgan fingerprint density at radius 2 is 1.93 bits per heavy atom. The van der Waals surface area contributed by atoms with Gasteiger partial charge >= 0.3 is 12.6 Å². The molecule has 0 aliphatic heterocycles. The predicted molar refractivity (Wildman–Crippen MR) is 49.1 cm³/mol. The summed E-state index contributed by atoms with van der Waals surface area (Å²) >= 11 is 0. The number of benzene rings is 1. The summed E-state index contributed by atoms with van der Waals surface area (Å²) in [6, 6.07) is 7.89. The first-order valence-electron chi connectivity index (χ1n) is 4.03. The molecule has 0 bridgehead atoms. The second-order valence-corrected chi connectivity index (χ2v) is 2.60. The van der Waals surface area contributed by atoms with Crippen molar-refractivity contribution in [1.29, 1.82) is 0 Å². The molecule has 0 fully saturated rings. The zero-order valence-corrected chi connectivity index (χ0v) is 7.56. The lowest BCUT2D eigenvalue weighted by molar-refractivity contribution is -0.130. The van der Waals surface area contributed by atoms with Gasteiger partial charge in [0.25, 0.3) is 0 Å². The van der Waals surface area contributed by atoms with Crippen LogP contribution in [0.2, 0.25) is 0 Å². The Balaban J connectivity index is 2.94. The van der Waals surface area contributed by atoms with Crippen LogP contribution in [0, 0.1) is 0 Å². The number of carboxylic acids is 1. The highest BCUT2D eigenvalue weighted by Gasteiger charge is 2.11. The molecule has 1 rings (SSSR count). The molecule has 1 aromatic carbocycles. The summed E-state index contributed by atoms with van der Waals surface area (Å²) in [4.78, 5) is 10.7. The second-order valence-electron chi connectivity index (χ2n) is 2.60. The van der Waals surface area contributed by atoms with Crippen LogP contribution in [0.1, 0.15) is 5.56 Å².